The highest BCUT2D eigenvalue weighted by Crippen LogP contribution is 2.15. The summed E-state index contributed by atoms with van der Waals surface area (Å²) < 4.78 is 5.84. The minimum Gasteiger partial charge on any atom is -0.379 e. The third-order valence-electron chi connectivity index (χ3n) is 4.64. The Morgan fingerprint density at radius 1 is 0.769 bits per heavy atom. The quantitative estimate of drug-likeness (QED) is 0.131. The number of rotatable bonds is 22. The zero-order chi connectivity index (χ0) is 19.1. The number of carbonyl (C=O) groups excluding carboxylic acids is 1. The van der Waals surface area contributed by atoms with E-state index in [0.717, 1.165) is 19.6 Å². The summed E-state index contributed by atoms with van der Waals surface area (Å²) in [4.78, 5) is 9.98. The molecule has 6 nitrogen and oxygen atoms in total. The van der Waals surface area contributed by atoms with Crippen LogP contribution in [0.3, 0.4) is 0 Å². The molecule has 0 aliphatic rings. The van der Waals surface area contributed by atoms with Crippen LogP contribution in [0.5, 0.6) is 0 Å². The Hall–Kier alpha value is -0.690. The maximum atomic E-state index is 9.98. The van der Waals surface area contributed by atoms with Crippen LogP contribution in [0, 0.1) is 0 Å². The molecule has 0 heterocycles. The molecule has 0 saturated carbocycles. The van der Waals surface area contributed by atoms with E-state index in [-0.39, 0.29) is 0 Å². The van der Waals surface area contributed by atoms with Crippen LogP contribution in [0.1, 0.15) is 104 Å². The minimum atomic E-state index is 0.502. The molecule has 0 saturated heterocycles. The highest BCUT2D eigenvalue weighted by Gasteiger charge is 2.07. The Morgan fingerprint density at radius 2 is 1.35 bits per heavy atom. The molecule has 0 aromatic rings. The van der Waals surface area contributed by atoms with Gasteiger partial charge in [-0.2, -0.15) is 11.1 Å². The lowest BCUT2D eigenvalue weighted by atomic mass is 10.0. The number of hydrogen-bond acceptors (Lipinski definition) is 5. The summed E-state index contributed by atoms with van der Waals surface area (Å²) in [6.45, 7) is 6.12. The molecule has 0 fully saturated rings. The van der Waals surface area contributed by atoms with E-state index in [1.54, 1.807) is 0 Å². The Bertz CT molecular complexity index is 281. The maximum Gasteiger partial charge on any atom is 0.222 e. The van der Waals surface area contributed by atoms with Gasteiger partial charge in [-0.05, 0) is 26.2 Å². The molecule has 1 unspecified atom stereocenters. The minimum absolute atomic E-state index is 0.502. The van der Waals surface area contributed by atoms with Gasteiger partial charge in [-0.25, -0.2) is 5.43 Å². The second kappa shape index (κ2) is 22.4. The average molecular weight is 373 g/mol. The number of amides is 1. The van der Waals surface area contributed by atoms with Crippen molar-refractivity contribution in [2.75, 3.05) is 13.2 Å². The van der Waals surface area contributed by atoms with E-state index < -0.39 is 0 Å². The first kappa shape index (κ1) is 25.3. The molecule has 0 bridgehead atoms. The topological polar surface area (TPSA) is 74.4 Å². The van der Waals surface area contributed by atoms with Crippen molar-refractivity contribution in [3.63, 3.8) is 0 Å². The van der Waals surface area contributed by atoms with Gasteiger partial charge in [-0.3, -0.25) is 10.2 Å². The van der Waals surface area contributed by atoms with Crippen LogP contribution in [0.4, 0.5) is 0 Å². The van der Waals surface area contributed by atoms with E-state index in [2.05, 4.69) is 35.8 Å². The lowest BCUT2D eigenvalue weighted by Gasteiger charge is -2.16. The maximum absolute atomic E-state index is 9.98. The molecular weight excluding hydrogens is 328 g/mol. The molecule has 0 aromatic carbocycles. The van der Waals surface area contributed by atoms with Gasteiger partial charge < -0.3 is 4.74 Å². The van der Waals surface area contributed by atoms with Gasteiger partial charge in [0.25, 0.3) is 0 Å². The van der Waals surface area contributed by atoms with E-state index >= 15 is 0 Å². The molecule has 0 radical (unpaired) electrons. The molecule has 1 amide bonds. The first-order chi connectivity index (χ1) is 12.8. The summed E-state index contributed by atoms with van der Waals surface area (Å²) in [6, 6.07) is 0. The third kappa shape index (κ3) is 19.6. The number of ether oxygens (including phenoxy) is 1. The number of hydrazine groups is 3. The number of carbonyl (C=O) groups is 1. The molecule has 0 aromatic heterocycles. The molecule has 1 atom stereocenters. The second-order valence-electron chi connectivity index (χ2n) is 6.98. The smallest absolute Gasteiger partial charge is 0.222 e. The zero-order valence-electron chi connectivity index (χ0n) is 17.3. The summed E-state index contributed by atoms with van der Waals surface area (Å²) in [5, 5.41) is 0. The van der Waals surface area contributed by atoms with Gasteiger partial charge in [0.15, 0.2) is 0 Å². The standard InChI is InChI=1S/C20H44N4O2/c1-3-5-16-20(26-4-2)17-14-12-10-8-6-7-9-11-13-15-18-21-23-24-22-19-25/h19-21,23-24H,3-18H2,1-2H3,(H,22,25). The van der Waals surface area contributed by atoms with Gasteiger partial charge in [0.05, 0.1) is 6.10 Å². The lowest BCUT2D eigenvalue weighted by molar-refractivity contribution is -0.110. The first-order valence-corrected chi connectivity index (χ1v) is 10.9. The van der Waals surface area contributed by atoms with Crippen molar-refractivity contribution in [2.45, 2.75) is 110 Å². The zero-order valence-corrected chi connectivity index (χ0v) is 17.3. The summed E-state index contributed by atoms with van der Waals surface area (Å²) >= 11 is 0. The van der Waals surface area contributed by atoms with Crippen molar-refractivity contribution in [1.29, 1.82) is 0 Å². The Kier molecular flexibility index (Phi) is 21.8. The number of nitrogens with one attached hydrogen (secondary N) is 4. The van der Waals surface area contributed by atoms with E-state index in [4.69, 9.17) is 4.74 Å². The van der Waals surface area contributed by atoms with E-state index in [0.29, 0.717) is 12.5 Å². The van der Waals surface area contributed by atoms with Crippen molar-refractivity contribution in [1.82, 2.24) is 21.9 Å². The third-order valence-corrected chi connectivity index (χ3v) is 4.64. The van der Waals surface area contributed by atoms with Crippen LogP contribution >= 0.6 is 0 Å². The Labute approximate surface area is 161 Å². The van der Waals surface area contributed by atoms with Crippen molar-refractivity contribution >= 4 is 6.41 Å². The van der Waals surface area contributed by atoms with Gasteiger partial charge in [0.1, 0.15) is 0 Å². The molecule has 4 N–H and O–H groups in total. The molecule has 0 rings (SSSR count). The predicted molar refractivity (Wildman–Crippen MR) is 109 cm³/mol. The highest BCUT2D eigenvalue weighted by molar-refractivity contribution is 5.44. The molecular formula is C20H44N4O2. The molecule has 0 aliphatic carbocycles. The van der Waals surface area contributed by atoms with Gasteiger partial charge in [-0.15, -0.1) is 0 Å². The van der Waals surface area contributed by atoms with Crippen molar-refractivity contribution < 1.29 is 9.53 Å². The second-order valence-corrected chi connectivity index (χ2v) is 6.98. The van der Waals surface area contributed by atoms with Crippen LogP contribution in [-0.2, 0) is 9.53 Å². The van der Waals surface area contributed by atoms with Crippen molar-refractivity contribution in [3.8, 4) is 0 Å². The summed E-state index contributed by atoms with van der Waals surface area (Å²) in [5.74, 6) is 0. The summed E-state index contributed by atoms with van der Waals surface area (Å²) in [6.07, 6.45) is 19.4. The monoisotopic (exact) mass is 372 g/mol. The van der Waals surface area contributed by atoms with Crippen LogP contribution in [0.25, 0.3) is 0 Å². The Morgan fingerprint density at radius 3 is 1.92 bits per heavy atom. The fourth-order valence-electron chi connectivity index (χ4n) is 3.15. The average Bonchev–Trinajstić information content (AvgIpc) is 2.65. The van der Waals surface area contributed by atoms with E-state index in [1.807, 2.05) is 0 Å². The van der Waals surface area contributed by atoms with Gasteiger partial charge in [0, 0.05) is 13.2 Å². The number of unbranched alkanes of at least 4 members (excludes halogenated alkanes) is 10. The predicted octanol–water partition coefficient (Wildman–Crippen LogP) is 4.13. The van der Waals surface area contributed by atoms with E-state index in [1.165, 1.54) is 83.5 Å². The summed E-state index contributed by atoms with van der Waals surface area (Å²) in [7, 11) is 0. The highest BCUT2D eigenvalue weighted by atomic mass is 16.5. The van der Waals surface area contributed by atoms with Crippen LogP contribution in [0.2, 0.25) is 0 Å². The Balaban J connectivity index is 3.19. The SMILES string of the molecule is CCCCC(CCCCCCCCCCCCNNNNC=O)OCC. The fourth-order valence-corrected chi connectivity index (χ4v) is 3.15. The number of hydrogen-bond donors (Lipinski definition) is 4. The van der Waals surface area contributed by atoms with Crippen LogP contribution in [0.15, 0.2) is 0 Å². The first-order valence-electron chi connectivity index (χ1n) is 10.9. The molecule has 0 spiro atoms. The molecule has 156 valence electrons. The fraction of sp³-hybridized carbons (Fsp3) is 0.950. The molecule has 26 heavy (non-hydrogen) atoms. The molecule has 6 heteroatoms. The largest absolute Gasteiger partial charge is 0.379 e. The molecule has 0 aliphatic heterocycles. The van der Waals surface area contributed by atoms with Gasteiger partial charge >= 0.3 is 0 Å². The van der Waals surface area contributed by atoms with Crippen LogP contribution in [-0.4, -0.2) is 25.7 Å². The van der Waals surface area contributed by atoms with Crippen LogP contribution < -0.4 is 21.9 Å². The van der Waals surface area contributed by atoms with Gasteiger partial charge in [0.2, 0.25) is 6.41 Å². The summed E-state index contributed by atoms with van der Waals surface area (Å²) in [5.41, 5.74) is 10.5. The van der Waals surface area contributed by atoms with E-state index in [9.17, 15) is 4.79 Å². The van der Waals surface area contributed by atoms with Crippen molar-refractivity contribution in [3.05, 3.63) is 0 Å². The van der Waals surface area contributed by atoms with Crippen molar-refractivity contribution in [2.24, 2.45) is 0 Å². The van der Waals surface area contributed by atoms with Gasteiger partial charge in [-0.1, -0.05) is 77.6 Å². The lowest BCUT2D eigenvalue weighted by Crippen LogP contribution is -2.50. The normalized spacial score (nSPS) is 12.2.